The zero-order valence-corrected chi connectivity index (χ0v) is 18.2. The fourth-order valence-electron chi connectivity index (χ4n) is 2.56. The van der Waals surface area contributed by atoms with Gasteiger partial charge in [-0.25, -0.2) is 4.98 Å². The van der Waals surface area contributed by atoms with E-state index in [2.05, 4.69) is 30.0 Å². The number of nitrogens with zero attached hydrogens (tertiary/aromatic N) is 2. The molecule has 2 aromatic carbocycles. The third-order valence-electron chi connectivity index (χ3n) is 3.76. The van der Waals surface area contributed by atoms with Crippen LogP contribution in [0.4, 0.5) is 0 Å². The Kier molecular flexibility index (Phi) is 7.17. The van der Waals surface area contributed by atoms with Crippen LogP contribution in [0, 0.1) is 0 Å². The Balaban J connectivity index is 2.08. The number of aliphatic hydroxyl groups is 1. The van der Waals surface area contributed by atoms with Crippen molar-refractivity contribution in [2.45, 2.75) is 41.0 Å². The fourth-order valence-corrected chi connectivity index (χ4v) is 5.51. The molecule has 0 unspecified atom stereocenters. The second kappa shape index (κ2) is 9.39. The highest BCUT2D eigenvalue weighted by molar-refractivity contribution is 8.01. The summed E-state index contributed by atoms with van der Waals surface area (Å²) in [5.41, 5.74) is 1.00. The largest absolute Gasteiger partial charge is 0.396 e. The molecule has 0 fully saturated rings. The minimum absolute atomic E-state index is 0.0526. The summed E-state index contributed by atoms with van der Waals surface area (Å²) in [6.07, 6.45) is 0.496. The van der Waals surface area contributed by atoms with Crippen LogP contribution in [-0.4, -0.2) is 20.7 Å². The minimum Gasteiger partial charge on any atom is -0.396 e. The third kappa shape index (κ3) is 5.24. The van der Waals surface area contributed by atoms with Crippen LogP contribution in [0.1, 0.15) is 31.3 Å². The first-order valence-electron chi connectivity index (χ1n) is 8.57. The van der Waals surface area contributed by atoms with Crippen LogP contribution < -0.4 is 0 Å². The van der Waals surface area contributed by atoms with E-state index in [1.165, 1.54) is 0 Å². The van der Waals surface area contributed by atoms with Gasteiger partial charge in [-0.15, -0.1) is 0 Å². The molecule has 0 bridgehead atoms. The molecule has 7 heteroatoms. The maximum atomic E-state index is 9.51. The number of halogens is 2. The molecule has 1 heterocycles. The van der Waals surface area contributed by atoms with Gasteiger partial charge in [0.25, 0.3) is 0 Å². The molecule has 0 spiro atoms. The normalized spacial score (nSPS) is 11.3. The summed E-state index contributed by atoms with van der Waals surface area (Å²) < 4.78 is 2.11. The van der Waals surface area contributed by atoms with Gasteiger partial charge in [0, 0.05) is 26.3 Å². The zero-order chi connectivity index (χ0) is 19.4. The Morgan fingerprint density at radius 1 is 1.04 bits per heavy atom. The Hall–Kier alpha value is -1.11. The maximum Gasteiger partial charge on any atom is 0.122 e. The minimum atomic E-state index is 0.0526. The fraction of sp³-hybridized carbons (Fsp3) is 0.250. The summed E-state index contributed by atoms with van der Waals surface area (Å²) in [5, 5.41) is 11.7. The van der Waals surface area contributed by atoms with Crippen molar-refractivity contribution in [2.75, 3.05) is 6.61 Å². The van der Waals surface area contributed by atoms with Crippen LogP contribution in [0.3, 0.4) is 0 Å². The topological polar surface area (TPSA) is 38.1 Å². The maximum absolute atomic E-state index is 9.51. The van der Waals surface area contributed by atoms with E-state index < -0.39 is 0 Å². The molecular formula is C20H20Cl2N2OS2. The molecule has 27 heavy (non-hydrogen) atoms. The van der Waals surface area contributed by atoms with Gasteiger partial charge in [0.05, 0.1) is 12.3 Å². The highest BCUT2D eigenvalue weighted by atomic mass is 35.5. The Bertz CT molecular complexity index is 894. The molecule has 3 rings (SSSR count). The summed E-state index contributed by atoms with van der Waals surface area (Å²) in [6, 6.07) is 15.7. The van der Waals surface area contributed by atoms with Crippen molar-refractivity contribution in [3.05, 3.63) is 70.1 Å². The zero-order valence-electron chi connectivity index (χ0n) is 15.0. The number of imidazole rings is 1. The van der Waals surface area contributed by atoms with Crippen molar-refractivity contribution in [1.82, 2.24) is 8.96 Å². The lowest BCUT2D eigenvalue weighted by Crippen LogP contribution is -2.00. The molecule has 0 aliphatic rings. The molecule has 3 nitrogen and oxygen atoms in total. The van der Waals surface area contributed by atoms with Crippen LogP contribution in [0.2, 0.25) is 10.0 Å². The second-order valence-electron chi connectivity index (χ2n) is 6.25. The van der Waals surface area contributed by atoms with E-state index in [9.17, 15) is 5.11 Å². The first kappa shape index (κ1) is 20.6. The van der Waals surface area contributed by atoms with Gasteiger partial charge in [0.15, 0.2) is 0 Å². The smallest absolute Gasteiger partial charge is 0.122 e. The first-order chi connectivity index (χ1) is 13.0. The van der Waals surface area contributed by atoms with E-state index in [-0.39, 0.29) is 12.5 Å². The summed E-state index contributed by atoms with van der Waals surface area (Å²) in [6.45, 7) is 4.30. The number of aliphatic hydroxyl groups excluding tert-OH is 1. The third-order valence-corrected chi connectivity index (χ3v) is 6.43. The van der Waals surface area contributed by atoms with E-state index in [1.807, 2.05) is 30.3 Å². The highest BCUT2D eigenvalue weighted by Gasteiger charge is 2.21. The molecule has 1 aromatic heterocycles. The lowest BCUT2D eigenvalue weighted by atomic mass is 10.2. The quantitative estimate of drug-likeness (QED) is 0.453. The van der Waals surface area contributed by atoms with Crippen LogP contribution in [0.25, 0.3) is 0 Å². The average molecular weight is 439 g/mol. The van der Waals surface area contributed by atoms with Crippen LogP contribution in [-0.2, 0) is 6.42 Å². The number of hydrogen-bond acceptors (Lipinski definition) is 4. The Morgan fingerprint density at radius 2 is 1.70 bits per heavy atom. The number of hydrogen-bond donors (Lipinski definition) is 1. The van der Waals surface area contributed by atoms with Crippen molar-refractivity contribution in [2.24, 2.45) is 0 Å². The van der Waals surface area contributed by atoms with E-state index in [1.54, 1.807) is 29.8 Å². The SMILES string of the molecule is CC(C)c1nc(CCO)n(Sc2ccccc2)c1Sc1cc(Cl)cc(Cl)c1. The van der Waals surface area contributed by atoms with Gasteiger partial charge in [0.1, 0.15) is 10.9 Å². The van der Waals surface area contributed by atoms with E-state index in [0.717, 1.165) is 26.3 Å². The van der Waals surface area contributed by atoms with Crippen LogP contribution >= 0.6 is 46.9 Å². The van der Waals surface area contributed by atoms with Crippen molar-refractivity contribution in [1.29, 1.82) is 0 Å². The second-order valence-corrected chi connectivity index (χ2v) is 9.21. The molecule has 0 aliphatic carbocycles. The molecule has 142 valence electrons. The molecule has 0 atom stereocenters. The van der Waals surface area contributed by atoms with E-state index >= 15 is 0 Å². The van der Waals surface area contributed by atoms with Gasteiger partial charge in [-0.3, -0.25) is 3.97 Å². The molecule has 0 saturated heterocycles. The Morgan fingerprint density at radius 3 is 2.30 bits per heavy atom. The van der Waals surface area contributed by atoms with Crippen molar-refractivity contribution >= 4 is 46.9 Å². The number of aromatic nitrogens is 2. The molecular weight excluding hydrogens is 419 g/mol. The Labute approximate surface area is 178 Å². The summed E-state index contributed by atoms with van der Waals surface area (Å²) in [4.78, 5) is 6.90. The first-order valence-corrected chi connectivity index (χ1v) is 10.9. The number of benzene rings is 2. The standard InChI is InChI=1S/C20H20Cl2N2OS2/c1-13(2)19-20(26-17-11-14(21)10-15(22)12-17)24(18(23-19)8-9-25)27-16-6-4-3-5-7-16/h3-7,10-13,25H,8-9H2,1-2H3. The van der Waals surface area contributed by atoms with Crippen molar-refractivity contribution in [3.63, 3.8) is 0 Å². The summed E-state index contributed by atoms with van der Waals surface area (Å²) in [7, 11) is 0. The molecule has 1 N–H and O–H groups in total. The predicted molar refractivity (Wildman–Crippen MR) is 115 cm³/mol. The molecule has 0 amide bonds. The average Bonchev–Trinajstić information content (AvgIpc) is 2.93. The van der Waals surface area contributed by atoms with Gasteiger partial charge >= 0.3 is 0 Å². The van der Waals surface area contributed by atoms with E-state index in [0.29, 0.717) is 16.5 Å². The summed E-state index contributed by atoms with van der Waals surface area (Å²) >= 11 is 15.6. The van der Waals surface area contributed by atoms with E-state index in [4.69, 9.17) is 28.2 Å². The summed E-state index contributed by atoms with van der Waals surface area (Å²) in [5.74, 6) is 1.10. The predicted octanol–water partition coefficient (Wildman–Crippen LogP) is 6.55. The van der Waals surface area contributed by atoms with Gasteiger partial charge < -0.3 is 5.11 Å². The van der Waals surface area contributed by atoms with Gasteiger partial charge in [-0.1, -0.05) is 67.0 Å². The van der Waals surface area contributed by atoms with Crippen molar-refractivity contribution in [3.8, 4) is 0 Å². The van der Waals surface area contributed by atoms with Gasteiger partial charge in [-0.05, 0) is 48.2 Å². The number of rotatable bonds is 7. The van der Waals surface area contributed by atoms with Crippen molar-refractivity contribution < 1.29 is 5.11 Å². The van der Waals surface area contributed by atoms with Gasteiger partial charge in [-0.2, -0.15) is 0 Å². The molecule has 0 radical (unpaired) electrons. The monoisotopic (exact) mass is 438 g/mol. The van der Waals surface area contributed by atoms with Gasteiger partial charge in [0.2, 0.25) is 0 Å². The van der Waals surface area contributed by atoms with Crippen LogP contribution in [0.15, 0.2) is 63.3 Å². The lowest BCUT2D eigenvalue weighted by Gasteiger charge is -2.12. The highest BCUT2D eigenvalue weighted by Crippen LogP contribution is 2.40. The molecule has 0 saturated carbocycles. The molecule has 0 aliphatic heterocycles. The van der Waals surface area contributed by atoms with Crippen LogP contribution in [0.5, 0.6) is 0 Å². The molecule has 3 aromatic rings. The lowest BCUT2D eigenvalue weighted by molar-refractivity contribution is 0.296.